The van der Waals surface area contributed by atoms with Crippen molar-refractivity contribution in [1.82, 2.24) is 4.90 Å². The summed E-state index contributed by atoms with van der Waals surface area (Å²) in [6, 6.07) is 6.78. The lowest BCUT2D eigenvalue weighted by molar-refractivity contribution is 0.196. The second kappa shape index (κ2) is 6.90. The lowest BCUT2D eigenvalue weighted by Crippen LogP contribution is -2.47. The molecule has 2 rings (SSSR count). The highest BCUT2D eigenvalue weighted by Gasteiger charge is 2.26. The van der Waals surface area contributed by atoms with Gasteiger partial charge in [-0.2, -0.15) is 0 Å². The molecule has 1 N–H and O–H groups in total. The predicted octanol–water partition coefficient (Wildman–Crippen LogP) is 4.96. The van der Waals surface area contributed by atoms with E-state index in [1.165, 1.54) is 24.8 Å². The van der Waals surface area contributed by atoms with Gasteiger partial charge in [0.15, 0.2) is 5.11 Å². The molecule has 1 fully saturated rings. The first-order valence-electron chi connectivity index (χ1n) is 7.35. The van der Waals surface area contributed by atoms with Gasteiger partial charge in [-0.3, -0.25) is 0 Å². The first kappa shape index (κ1) is 15.8. The van der Waals surface area contributed by atoms with Crippen molar-refractivity contribution in [2.24, 2.45) is 5.92 Å². The SMILES string of the molecule is CC[C@@H]1CC[C@H](C)N(C(=S)Nc2ccc(Br)cc2C)C1. The quantitative estimate of drug-likeness (QED) is 0.755. The van der Waals surface area contributed by atoms with Crippen LogP contribution in [0.5, 0.6) is 0 Å². The maximum absolute atomic E-state index is 5.63. The molecular weight excluding hydrogens is 332 g/mol. The van der Waals surface area contributed by atoms with Crippen LogP contribution in [0.25, 0.3) is 0 Å². The number of nitrogens with zero attached hydrogens (tertiary/aromatic N) is 1. The van der Waals surface area contributed by atoms with Gasteiger partial charge in [-0.1, -0.05) is 29.3 Å². The Morgan fingerprint density at radius 1 is 1.45 bits per heavy atom. The lowest BCUT2D eigenvalue weighted by Gasteiger charge is -2.39. The summed E-state index contributed by atoms with van der Waals surface area (Å²) >= 11 is 9.12. The van der Waals surface area contributed by atoms with Crippen LogP contribution in [0.15, 0.2) is 22.7 Å². The summed E-state index contributed by atoms with van der Waals surface area (Å²) in [5, 5.41) is 4.28. The summed E-state index contributed by atoms with van der Waals surface area (Å²) in [5.74, 6) is 0.775. The van der Waals surface area contributed by atoms with Gasteiger partial charge in [-0.05, 0) is 68.6 Å². The molecule has 2 nitrogen and oxygen atoms in total. The third-order valence-corrected chi connectivity index (χ3v) is 5.08. The third-order valence-electron chi connectivity index (χ3n) is 4.25. The monoisotopic (exact) mass is 354 g/mol. The highest BCUT2D eigenvalue weighted by Crippen LogP contribution is 2.26. The molecule has 0 radical (unpaired) electrons. The number of thiocarbonyl (C=S) groups is 1. The van der Waals surface area contributed by atoms with Gasteiger partial charge in [0.25, 0.3) is 0 Å². The number of hydrogen-bond donors (Lipinski definition) is 1. The van der Waals surface area contributed by atoms with E-state index < -0.39 is 0 Å². The molecule has 1 heterocycles. The molecule has 1 aromatic rings. The fraction of sp³-hybridized carbons (Fsp3) is 0.562. The van der Waals surface area contributed by atoms with Crippen LogP contribution in [-0.2, 0) is 0 Å². The first-order chi connectivity index (χ1) is 9.51. The number of anilines is 1. The van der Waals surface area contributed by atoms with E-state index in [9.17, 15) is 0 Å². The van der Waals surface area contributed by atoms with E-state index in [0.717, 1.165) is 27.7 Å². The number of rotatable bonds is 2. The van der Waals surface area contributed by atoms with Crippen molar-refractivity contribution in [2.75, 3.05) is 11.9 Å². The van der Waals surface area contributed by atoms with E-state index in [-0.39, 0.29) is 0 Å². The van der Waals surface area contributed by atoms with Gasteiger partial charge in [-0.15, -0.1) is 0 Å². The topological polar surface area (TPSA) is 15.3 Å². The Labute approximate surface area is 136 Å². The van der Waals surface area contributed by atoms with Gasteiger partial charge >= 0.3 is 0 Å². The number of benzene rings is 1. The van der Waals surface area contributed by atoms with Gasteiger partial charge in [0.2, 0.25) is 0 Å². The Hall–Kier alpha value is -0.610. The Morgan fingerprint density at radius 3 is 2.85 bits per heavy atom. The van der Waals surface area contributed by atoms with E-state index in [2.05, 4.69) is 59.1 Å². The van der Waals surface area contributed by atoms with Crippen molar-refractivity contribution in [3.8, 4) is 0 Å². The molecule has 20 heavy (non-hydrogen) atoms. The Morgan fingerprint density at radius 2 is 2.20 bits per heavy atom. The van der Waals surface area contributed by atoms with Crippen LogP contribution in [0.3, 0.4) is 0 Å². The van der Waals surface area contributed by atoms with Crippen LogP contribution < -0.4 is 5.32 Å². The molecular formula is C16H23BrN2S. The Bertz CT molecular complexity index is 489. The molecule has 2 atom stereocenters. The van der Waals surface area contributed by atoms with Gasteiger partial charge in [-0.25, -0.2) is 0 Å². The van der Waals surface area contributed by atoms with E-state index in [4.69, 9.17) is 12.2 Å². The first-order valence-corrected chi connectivity index (χ1v) is 8.55. The van der Waals surface area contributed by atoms with Crippen LogP contribution in [0, 0.1) is 12.8 Å². The summed E-state index contributed by atoms with van der Waals surface area (Å²) in [5.41, 5.74) is 2.31. The zero-order chi connectivity index (χ0) is 14.7. The Kier molecular flexibility index (Phi) is 5.44. The average Bonchev–Trinajstić information content (AvgIpc) is 2.42. The molecule has 1 aliphatic rings. The highest BCUT2D eigenvalue weighted by molar-refractivity contribution is 9.10. The van der Waals surface area contributed by atoms with Crippen LogP contribution >= 0.6 is 28.1 Å². The number of likely N-dealkylation sites (tertiary alicyclic amines) is 1. The van der Waals surface area contributed by atoms with E-state index in [1.807, 2.05) is 6.07 Å². The second-order valence-electron chi connectivity index (χ2n) is 5.74. The minimum Gasteiger partial charge on any atom is -0.346 e. The maximum atomic E-state index is 5.63. The molecule has 0 aliphatic carbocycles. The molecule has 1 saturated heterocycles. The van der Waals surface area contributed by atoms with Crippen LogP contribution in [0.1, 0.15) is 38.7 Å². The molecule has 0 saturated carbocycles. The average molecular weight is 355 g/mol. The fourth-order valence-corrected chi connectivity index (χ4v) is 3.59. The van der Waals surface area contributed by atoms with E-state index >= 15 is 0 Å². The van der Waals surface area contributed by atoms with E-state index in [0.29, 0.717) is 6.04 Å². The highest BCUT2D eigenvalue weighted by atomic mass is 79.9. The molecule has 110 valence electrons. The van der Waals surface area contributed by atoms with Gasteiger partial charge in [0.1, 0.15) is 0 Å². The smallest absolute Gasteiger partial charge is 0.173 e. The van der Waals surface area contributed by atoms with Gasteiger partial charge in [0, 0.05) is 22.7 Å². The minimum absolute atomic E-state index is 0.536. The maximum Gasteiger partial charge on any atom is 0.173 e. The van der Waals surface area contributed by atoms with Crippen molar-refractivity contribution >= 4 is 38.9 Å². The summed E-state index contributed by atoms with van der Waals surface area (Å²) in [6.07, 6.45) is 3.80. The molecule has 0 amide bonds. The van der Waals surface area contributed by atoms with Crippen LogP contribution in [0.4, 0.5) is 5.69 Å². The number of halogens is 1. The Balaban J connectivity index is 2.06. The second-order valence-corrected chi connectivity index (χ2v) is 7.04. The third kappa shape index (κ3) is 3.73. The normalized spacial score (nSPS) is 22.7. The lowest BCUT2D eigenvalue weighted by atomic mass is 9.92. The van der Waals surface area contributed by atoms with Gasteiger partial charge < -0.3 is 10.2 Å². The molecule has 0 spiro atoms. The predicted molar refractivity (Wildman–Crippen MR) is 94.3 cm³/mol. The fourth-order valence-electron chi connectivity index (χ4n) is 2.75. The zero-order valence-electron chi connectivity index (χ0n) is 12.4. The van der Waals surface area contributed by atoms with Crippen LogP contribution in [0.2, 0.25) is 0 Å². The largest absolute Gasteiger partial charge is 0.346 e. The molecule has 0 aromatic heterocycles. The molecule has 1 aromatic carbocycles. The van der Waals surface area contributed by atoms with Crippen molar-refractivity contribution in [2.45, 2.75) is 46.1 Å². The molecule has 0 bridgehead atoms. The molecule has 1 aliphatic heterocycles. The summed E-state index contributed by atoms with van der Waals surface area (Å²) in [4.78, 5) is 2.36. The van der Waals surface area contributed by atoms with Gasteiger partial charge in [0.05, 0.1) is 0 Å². The number of nitrogens with one attached hydrogen (secondary N) is 1. The summed E-state index contributed by atoms with van der Waals surface area (Å²) < 4.78 is 1.10. The number of aryl methyl sites for hydroxylation is 1. The molecule has 4 heteroatoms. The van der Waals surface area contributed by atoms with Crippen molar-refractivity contribution < 1.29 is 0 Å². The zero-order valence-corrected chi connectivity index (χ0v) is 14.9. The minimum atomic E-state index is 0.536. The standard InChI is InChI=1S/C16H23BrN2S/c1-4-13-6-5-12(3)19(10-13)16(20)18-15-8-7-14(17)9-11(15)2/h7-9,12-13H,4-6,10H2,1-3H3,(H,18,20)/t12-,13+/m0/s1. The van der Waals surface area contributed by atoms with Crippen molar-refractivity contribution in [3.63, 3.8) is 0 Å². The molecule has 0 unspecified atom stereocenters. The van der Waals surface area contributed by atoms with Crippen LogP contribution in [-0.4, -0.2) is 22.6 Å². The number of piperidine rings is 1. The summed E-state index contributed by atoms with van der Waals surface area (Å²) in [6.45, 7) is 7.73. The number of hydrogen-bond acceptors (Lipinski definition) is 1. The van der Waals surface area contributed by atoms with Crippen molar-refractivity contribution in [3.05, 3.63) is 28.2 Å². The van der Waals surface area contributed by atoms with E-state index in [1.54, 1.807) is 0 Å². The summed E-state index contributed by atoms with van der Waals surface area (Å²) in [7, 11) is 0. The van der Waals surface area contributed by atoms with Crippen molar-refractivity contribution in [1.29, 1.82) is 0 Å².